The number of piperidine rings is 1. The second-order valence-corrected chi connectivity index (χ2v) is 7.22. The summed E-state index contributed by atoms with van der Waals surface area (Å²) in [5, 5.41) is 0. The molecular formula is C19H24N8. The zero-order chi connectivity index (χ0) is 18.8. The predicted molar refractivity (Wildman–Crippen MR) is 107 cm³/mol. The third-order valence-corrected chi connectivity index (χ3v) is 5.00. The summed E-state index contributed by atoms with van der Waals surface area (Å²) in [6.45, 7) is 1.95. The molecule has 0 amide bonds. The van der Waals surface area contributed by atoms with Gasteiger partial charge in [-0.3, -0.25) is 0 Å². The maximum Gasteiger partial charge on any atom is 0.153 e. The Hall–Kier alpha value is -3.03. The van der Waals surface area contributed by atoms with Crippen LogP contribution in [0.2, 0.25) is 0 Å². The summed E-state index contributed by atoms with van der Waals surface area (Å²) in [6, 6.07) is 6.06. The molecule has 8 nitrogen and oxygen atoms in total. The van der Waals surface area contributed by atoms with Gasteiger partial charge in [0.2, 0.25) is 0 Å². The van der Waals surface area contributed by atoms with Crippen LogP contribution in [-0.2, 0) is 6.42 Å². The second-order valence-electron chi connectivity index (χ2n) is 7.22. The molecule has 1 atom stereocenters. The van der Waals surface area contributed by atoms with Gasteiger partial charge in [-0.25, -0.2) is 24.9 Å². The van der Waals surface area contributed by atoms with Gasteiger partial charge in [0, 0.05) is 38.9 Å². The van der Waals surface area contributed by atoms with Crippen LogP contribution >= 0.6 is 0 Å². The van der Waals surface area contributed by atoms with Crippen molar-refractivity contribution in [3.05, 3.63) is 36.5 Å². The molecule has 1 aliphatic heterocycles. The molecule has 0 aliphatic carbocycles. The highest BCUT2D eigenvalue weighted by atomic mass is 15.2. The highest BCUT2D eigenvalue weighted by Crippen LogP contribution is 2.26. The second kappa shape index (κ2) is 7.30. The van der Waals surface area contributed by atoms with E-state index in [9.17, 15) is 0 Å². The van der Waals surface area contributed by atoms with E-state index in [2.05, 4.69) is 30.9 Å². The summed E-state index contributed by atoms with van der Waals surface area (Å²) in [5.74, 6) is 2.84. The first-order valence-corrected chi connectivity index (χ1v) is 9.20. The number of pyridine rings is 1. The van der Waals surface area contributed by atoms with Crippen molar-refractivity contribution in [3.8, 4) is 0 Å². The normalized spacial score (nSPS) is 17.3. The number of aromatic nitrogens is 5. The molecule has 0 spiro atoms. The van der Waals surface area contributed by atoms with Crippen molar-refractivity contribution in [2.75, 3.05) is 42.7 Å². The number of nitrogens with zero attached hydrogens (tertiary/aromatic N) is 7. The summed E-state index contributed by atoms with van der Waals surface area (Å²) in [4.78, 5) is 26.1. The first-order valence-electron chi connectivity index (χ1n) is 9.20. The molecule has 27 heavy (non-hydrogen) atoms. The Bertz CT molecular complexity index is 942. The van der Waals surface area contributed by atoms with Crippen molar-refractivity contribution >= 4 is 28.5 Å². The van der Waals surface area contributed by atoms with E-state index in [1.54, 1.807) is 6.33 Å². The minimum absolute atomic E-state index is 0.424. The first kappa shape index (κ1) is 17.4. The largest absolute Gasteiger partial charge is 0.382 e. The van der Waals surface area contributed by atoms with E-state index >= 15 is 0 Å². The monoisotopic (exact) mass is 364 g/mol. The van der Waals surface area contributed by atoms with Gasteiger partial charge in [-0.15, -0.1) is 0 Å². The Balaban J connectivity index is 1.51. The molecule has 1 aliphatic rings. The molecule has 0 aromatic carbocycles. The summed E-state index contributed by atoms with van der Waals surface area (Å²) < 4.78 is 0. The van der Waals surface area contributed by atoms with Gasteiger partial charge in [-0.1, -0.05) is 0 Å². The van der Waals surface area contributed by atoms with Gasteiger partial charge in [-0.2, -0.15) is 0 Å². The number of rotatable bonds is 4. The number of hydrogen-bond donors (Lipinski definition) is 1. The number of fused-ring (bicyclic) bond motifs is 1. The molecule has 1 unspecified atom stereocenters. The minimum Gasteiger partial charge on any atom is -0.382 e. The number of nitrogen functional groups attached to an aromatic ring is 1. The van der Waals surface area contributed by atoms with Gasteiger partial charge in [0.15, 0.2) is 5.82 Å². The number of hydrogen-bond acceptors (Lipinski definition) is 8. The Kier molecular flexibility index (Phi) is 4.70. The van der Waals surface area contributed by atoms with Crippen molar-refractivity contribution in [3.63, 3.8) is 0 Å². The average molecular weight is 364 g/mol. The zero-order valence-electron chi connectivity index (χ0n) is 15.7. The fourth-order valence-electron chi connectivity index (χ4n) is 3.60. The molecule has 8 heteroatoms. The van der Waals surface area contributed by atoms with E-state index in [1.165, 1.54) is 12.7 Å². The zero-order valence-corrected chi connectivity index (χ0v) is 15.7. The van der Waals surface area contributed by atoms with Crippen LogP contribution in [0, 0.1) is 5.92 Å². The molecule has 0 radical (unpaired) electrons. The van der Waals surface area contributed by atoms with Crippen molar-refractivity contribution in [2.45, 2.75) is 19.3 Å². The molecule has 3 aromatic rings. The Morgan fingerprint density at radius 2 is 2.00 bits per heavy atom. The van der Waals surface area contributed by atoms with Crippen LogP contribution < -0.4 is 15.5 Å². The molecule has 1 fully saturated rings. The van der Waals surface area contributed by atoms with Crippen LogP contribution in [0.3, 0.4) is 0 Å². The van der Waals surface area contributed by atoms with E-state index in [1.807, 2.05) is 31.1 Å². The third kappa shape index (κ3) is 3.74. The molecule has 4 heterocycles. The van der Waals surface area contributed by atoms with E-state index in [-0.39, 0.29) is 0 Å². The lowest BCUT2D eigenvalue weighted by molar-refractivity contribution is 0.408. The van der Waals surface area contributed by atoms with Crippen LogP contribution in [0.15, 0.2) is 30.9 Å². The molecule has 0 bridgehead atoms. The van der Waals surface area contributed by atoms with Crippen LogP contribution in [0.25, 0.3) is 11.0 Å². The predicted octanol–water partition coefficient (Wildman–Crippen LogP) is 1.92. The fraction of sp³-hybridized carbons (Fsp3) is 0.421. The quantitative estimate of drug-likeness (QED) is 0.750. The Morgan fingerprint density at radius 1 is 1.15 bits per heavy atom. The molecule has 2 N–H and O–H groups in total. The molecule has 1 saturated heterocycles. The van der Waals surface area contributed by atoms with Crippen molar-refractivity contribution < 1.29 is 0 Å². The standard InChI is InChI=1S/C19H24N8/c1-26(2)17-9-14(21-11-23-17)8-13-4-3-7-27(10-13)16-6-5-15-18(25-16)19(20)24-12-22-15/h5-6,9,11-13H,3-4,7-8,10H2,1-2H3,(H2,20,22,24). The lowest BCUT2D eigenvalue weighted by Gasteiger charge is -2.33. The summed E-state index contributed by atoms with van der Waals surface area (Å²) in [5.41, 5.74) is 8.50. The highest BCUT2D eigenvalue weighted by Gasteiger charge is 2.22. The highest BCUT2D eigenvalue weighted by molar-refractivity contribution is 5.84. The Labute approximate surface area is 158 Å². The fourth-order valence-corrected chi connectivity index (χ4v) is 3.60. The van der Waals surface area contributed by atoms with Crippen LogP contribution in [0.1, 0.15) is 18.5 Å². The van der Waals surface area contributed by atoms with Crippen molar-refractivity contribution in [1.82, 2.24) is 24.9 Å². The van der Waals surface area contributed by atoms with Gasteiger partial charge in [0.05, 0.1) is 5.52 Å². The van der Waals surface area contributed by atoms with E-state index in [0.29, 0.717) is 17.3 Å². The van der Waals surface area contributed by atoms with Crippen LogP contribution in [-0.4, -0.2) is 52.1 Å². The molecule has 0 saturated carbocycles. The average Bonchev–Trinajstić information content (AvgIpc) is 2.68. The summed E-state index contributed by atoms with van der Waals surface area (Å²) in [6.07, 6.45) is 6.39. The molecular weight excluding hydrogens is 340 g/mol. The van der Waals surface area contributed by atoms with Gasteiger partial charge < -0.3 is 15.5 Å². The molecule has 3 aromatic heterocycles. The first-order chi connectivity index (χ1) is 13.1. The lowest BCUT2D eigenvalue weighted by Crippen LogP contribution is -2.36. The maximum absolute atomic E-state index is 5.97. The van der Waals surface area contributed by atoms with E-state index in [4.69, 9.17) is 10.7 Å². The van der Waals surface area contributed by atoms with Crippen LogP contribution in [0.5, 0.6) is 0 Å². The van der Waals surface area contributed by atoms with E-state index in [0.717, 1.165) is 48.8 Å². The summed E-state index contributed by atoms with van der Waals surface area (Å²) in [7, 11) is 3.99. The lowest BCUT2D eigenvalue weighted by atomic mass is 9.93. The van der Waals surface area contributed by atoms with Gasteiger partial charge in [-0.05, 0) is 37.3 Å². The van der Waals surface area contributed by atoms with Crippen molar-refractivity contribution in [2.24, 2.45) is 5.92 Å². The smallest absolute Gasteiger partial charge is 0.153 e. The van der Waals surface area contributed by atoms with Gasteiger partial charge in [0.1, 0.15) is 29.8 Å². The third-order valence-electron chi connectivity index (χ3n) is 5.00. The summed E-state index contributed by atoms with van der Waals surface area (Å²) >= 11 is 0. The minimum atomic E-state index is 0.424. The molecule has 4 rings (SSSR count). The van der Waals surface area contributed by atoms with Crippen LogP contribution in [0.4, 0.5) is 17.5 Å². The van der Waals surface area contributed by atoms with Crippen molar-refractivity contribution in [1.29, 1.82) is 0 Å². The van der Waals surface area contributed by atoms with Gasteiger partial charge >= 0.3 is 0 Å². The van der Waals surface area contributed by atoms with Gasteiger partial charge in [0.25, 0.3) is 0 Å². The SMILES string of the molecule is CN(C)c1cc(CC2CCCN(c3ccc4ncnc(N)c4n3)C2)ncn1. The van der Waals surface area contributed by atoms with E-state index < -0.39 is 0 Å². The maximum atomic E-state index is 5.97. The Morgan fingerprint density at radius 3 is 2.85 bits per heavy atom. The number of nitrogens with two attached hydrogens (primary N) is 1. The molecule has 140 valence electrons. The topological polar surface area (TPSA) is 97.0 Å². The number of anilines is 3.